The Morgan fingerprint density at radius 2 is 1.77 bits per heavy atom. The van der Waals surface area contributed by atoms with Gasteiger partial charge in [0.05, 0.1) is 18.4 Å². The highest BCUT2D eigenvalue weighted by molar-refractivity contribution is 5.85. The third-order valence-electron chi connectivity index (χ3n) is 5.28. The van der Waals surface area contributed by atoms with Crippen LogP contribution in [0.1, 0.15) is 88.9 Å². The molecule has 0 radical (unpaired) electrons. The summed E-state index contributed by atoms with van der Waals surface area (Å²) in [6.45, 7) is 3.50. The molecule has 2 aromatic rings. The largest absolute Gasteiger partial charge is 0.369 e. The van der Waals surface area contributed by atoms with Gasteiger partial charge in [0.2, 0.25) is 5.91 Å². The smallest absolute Gasteiger partial charge is 0.220 e. The predicted octanol–water partition coefficient (Wildman–Crippen LogP) is 4.22. The normalized spacial score (nSPS) is 10.7. The molecule has 2 aromatic heterocycles. The average Bonchev–Trinajstić information content (AvgIpc) is 3.36. The molecule has 0 bridgehead atoms. The second-order valence-corrected chi connectivity index (χ2v) is 8.05. The molecule has 0 spiro atoms. The first-order valence-electron chi connectivity index (χ1n) is 11.6. The molecule has 0 aliphatic heterocycles. The van der Waals surface area contributed by atoms with Gasteiger partial charge in [-0.1, -0.05) is 57.1 Å². The zero-order valence-corrected chi connectivity index (χ0v) is 19.8. The van der Waals surface area contributed by atoms with E-state index in [9.17, 15) is 4.79 Å². The zero-order valence-electron chi connectivity index (χ0n) is 18.9. The van der Waals surface area contributed by atoms with Crippen molar-refractivity contribution in [1.82, 2.24) is 30.3 Å². The standard InChI is InChI=1S/C22H39N7O.ClH/c1-2-3-4-5-6-7-11-14-21(30)24-15-16-29-18-20(27-28-29)13-10-8-9-12-19-17-25-22(23)26-19;/h17-18H,2-16H2,1H3,(H,24,30)(H3,23,25,26);1H. The molecule has 176 valence electrons. The highest BCUT2D eigenvalue weighted by atomic mass is 35.5. The van der Waals surface area contributed by atoms with Crippen molar-refractivity contribution < 1.29 is 4.79 Å². The molecule has 4 N–H and O–H groups in total. The van der Waals surface area contributed by atoms with Gasteiger partial charge in [-0.15, -0.1) is 17.5 Å². The molecule has 8 nitrogen and oxygen atoms in total. The number of amides is 1. The number of unbranched alkanes of at least 4 members (excludes halogenated alkanes) is 8. The van der Waals surface area contributed by atoms with Gasteiger partial charge in [-0.05, 0) is 32.1 Å². The summed E-state index contributed by atoms with van der Waals surface area (Å²) < 4.78 is 1.82. The van der Waals surface area contributed by atoms with Crippen LogP contribution in [0, 0.1) is 0 Å². The number of aryl methyl sites for hydroxylation is 2. The Balaban J connectivity index is 0.00000480. The quantitative estimate of drug-likeness (QED) is 0.310. The van der Waals surface area contributed by atoms with E-state index in [4.69, 9.17) is 5.73 Å². The number of aromatic amines is 1. The number of hydrogen-bond acceptors (Lipinski definition) is 5. The summed E-state index contributed by atoms with van der Waals surface area (Å²) in [6.07, 6.45) is 18.2. The number of hydrogen-bond donors (Lipinski definition) is 3. The summed E-state index contributed by atoms with van der Waals surface area (Å²) in [5.74, 6) is 0.624. The van der Waals surface area contributed by atoms with Gasteiger partial charge in [0.25, 0.3) is 0 Å². The molecule has 9 heteroatoms. The van der Waals surface area contributed by atoms with Crippen LogP contribution in [-0.2, 0) is 24.2 Å². The number of H-pyrrole nitrogens is 1. The number of carbonyl (C=O) groups excluding carboxylic acids is 1. The molecule has 0 fully saturated rings. The number of carbonyl (C=O) groups is 1. The number of rotatable bonds is 17. The van der Waals surface area contributed by atoms with E-state index in [0.717, 1.165) is 56.3 Å². The molecule has 2 heterocycles. The Hall–Kier alpha value is -2.09. The molecule has 0 aliphatic carbocycles. The fourth-order valence-corrected chi connectivity index (χ4v) is 3.51. The highest BCUT2D eigenvalue weighted by Gasteiger charge is 2.04. The molecule has 0 aromatic carbocycles. The first-order chi connectivity index (χ1) is 14.7. The van der Waals surface area contributed by atoms with Crippen LogP contribution >= 0.6 is 12.4 Å². The maximum absolute atomic E-state index is 11.9. The third kappa shape index (κ3) is 12.4. The first kappa shape index (κ1) is 26.9. The van der Waals surface area contributed by atoms with Gasteiger partial charge in [-0.2, -0.15) is 0 Å². The van der Waals surface area contributed by atoms with Crippen LogP contribution in [0.2, 0.25) is 0 Å². The number of imidazole rings is 1. The summed E-state index contributed by atoms with van der Waals surface area (Å²) in [6, 6.07) is 0. The number of nitrogens with two attached hydrogens (primary N) is 1. The summed E-state index contributed by atoms with van der Waals surface area (Å²) in [5.41, 5.74) is 7.68. The Morgan fingerprint density at radius 3 is 2.52 bits per heavy atom. The van der Waals surface area contributed by atoms with E-state index >= 15 is 0 Å². The number of halogens is 1. The maximum atomic E-state index is 11.9. The van der Waals surface area contributed by atoms with E-state index in [1.54, 1.807) is 6.20 Å². The lowest BCUT2D eigenvalue weighted by Gasteiger charge is -2.05. The molecule has 1 amide bonds. The number of nitrogens with zero attached hydrogens (tertiary/aromatic N) is 4. The molecule has 0 saturated heterocycles. The Bertz CT molecular complexity index is 716. The van der Waals surface area contributed by atoms with Crippen molar-refractivity contribution >= 4 is 24.3 Å². The van der Waals surface area contributed by atoms with Crippen molar-refractivity contribution in [3.63, 3.8) is 0 Å². The number of nitrogen functional groups attached to an aromatic ring is 1. The molecule has 2 rings (SSSR count). The topological polar surface area (TPSA) is 115 Å². The molecular weight excluding hydrogens is 414 g/mol. The minimum Gasteiger partial charge on any atom is -0.369 e. The summed E-state index contributed by atoms with van der Waals surface area (Å²) in [7, 11) is 0. The van der Waals surface area contributed by atoms with Crippen LogP contribution in [0.5, 0.6) is 0 Å². The summed E-state index contributed by atoms with van der Waals surface area (Å²) in [5, 5.41) is 11.4. The van der Waals surface area contributed by atoms with Crippen LogP contribution in [0.3, 0.4) is 0 Å². The van der Waals surface area contributed by atoms with Crippen molar-refractivity contribution in [2.24, 2.45) is 0 Å². The van der Waals surface area contributed by atoms with Crippen LogP contribution in [0.25, 0.3) is 0 Å². The molecule has 0 saturated carbocycles. The van der Waals surface area contributed by atoms with Crippen molar-refractivity contribution in [1.29, 1.82) is 0 Å². The minimum absolute atomic E-state index is 0. The first-order valence-corrected chi connectivity index (χ1v) is 11.6. The van der Waals surface area contributed by atoms with E-state index in [2.05, 4.69) is 32.5 Å². The SMILES string of the molecule is CCCCCCCCCC(=O)NCCn1cc(CCCCCc2cnc(N)[nH]2)nn1.Cl. The lowest BCUT2D eigenvalue weighted by Crippen LogP contribution is -2.27. The third-order valence-corrected chi connectivity index (χ3v) is 5.28. The molecule has 0 atom stereocenters. The van der Waals surface area contributed by atoms with Crippen molar-refractivity contribution in [3.05, 3.63) is 23.8 Å². The minimum atomic E-state index is 0. The van der Waals surface area contributed by atoms with E-state index in [0.29, 0.717) is 25.5 Å². The number of aromatic nitrogens is 5. The number of nitrogens with one attached hydrogen (secondary N) is 2. The average molecular weight is 454 g/mol. The highest BCUT2D eigenvalue weighted by Crippen LogP contribution is 2.09. The van der Waals surface area contributed by atoms with Gasteiger partial charge in [0, 0.05) is 24.9 Å². The number of anilines is 1. The van der Waals surface area contributed by atoms with Gasteiger partial charge in [0.15, 0.2) is 5.95 Å². The van der Waals surface area contributed by atoms with Crippen LogP contribution in [0.4, 0.5) is 5.95 Å². The van der Waals surface area contributed by atoms with E-state index in [1.807, 2.05) is 10.9 Å². The Kier molecular flexibility index (Phi) is 14.4. The van der Waals surface area contributed by atoms with Crippen LogP contribution in [0.15, 0.2) is 12.4 Å². The zero-order chi connectivity index (χ0) is 21.4. The molecule has 0 aliphatic rings. The van der Waals surface area contributed by atoms with E-state index < -0.39 is 0 Å². The van der Waals surface area contributed by atoms with Crippen LogP contribution < -0.4 is 11.1 Å². The van der Waals surface area contributed by atoms with Gasteiger partial charge in [-0.25, -0.2) is 4.98 Å². The lowest BCUT2D eigenvalue weighted by atomic mass is 10.1. The monoisotopic (exact) mass is 453 g/mol. The van der Waals surface area contributed by atoms with Crippen LogP contribution in [-0.4, -0.2) is 37.4 Å². The maximum Gasteiger partial charge on any atom is 0.220 e. The van der Waals surface area contributed by atoms with E-state index in [-0.39, 0.29) is 18.3 Å². The lowest BCUT2D eigenvalue weighted by molar-refractivity contribution is -0.121. The summed E-state index contributed by atoms with van der Waals surface area (Å²) in [4.78, 5) is 19.0. The van der Waals surface area contributed by atoms with Gasteiger partial charge in [-0.3, -0.25) is 9.48 Å². The van der Waals surface area contributed by atoms with Gasteiger partial charge >= 0.3 is 0 Å². The van der Waals surface area contributed by atoms with Crippen molar-refractivity contribution in [3.8, 4) is 0 Å². The fourth-order valence-electron chi connectivity index (χ4n) is 3.51. The summed E-state index contributed by atoms with van der Waals surface area (Å²) >= 11 is 0. The van der Waals surface area contributed by atoms with E-state index in [1.165, 1.54) is 32.1 Å². The van der Waals surface area contributed by atoms with Crippen molar-refractivity contribution in [2.75, 3.05) is 12.3 Å². The molecular formula is C22H40ClN7O. The molecule has 31 heavy (non-hydrogen) atoms. The van der Waals surface area contributed by atoms with Gasteiger partial charge < -0.3 is 16.0 Å². The van der Waals surface area contributed by atoms with Gasteiger partial charge in [0.1, 0.15) is 0 Å². The predicted molar refractivity (Wildman–Crippen MR) is 127 cm³/mol. The Morgan fingerprint density at radius 1 is 1.06 bits per heavy atom. The second kappa shape index (κ2) is 16.6. The molecule has 0 unspecified atom stereocenters. The second-order valence-electron chi connectivity index (χ2n) is 8.05. The Labute approximate surface area is 192 Å². The fraction of sp³-hybridized carbons (Fsp3) is 0.727. The van der Waals surface area contributed by atoms with Crippen molar-refractivity contribution in [2.45, 2.75) is 96.9 Å².